The lowest BCUT2D eigenvalue weighted by molar-refractivity contribution is -0.130. The number of nitrogens with one attached hydrogen (secondary N) is 1. The van der Waals surface area contributed by atoms with E-state index in [0.717, 1.165) is 24.8 Å². The van der Waals surface area contributed by atoms with Crippen LogP contribution in [-0.2, 0) is 17.6 Å². The van der Waals surface area contributed by atoms with Gasteiger partial charge in [0.1, 0.15) is 11.5 Å². The lowest BCUT2D eigenvalue weighted by Gasteiger charge is -2.27. The van der Waals surface area contributed by atoms with Crippen LogP contribution >= 0.6 is 12.4 Å². The average Bonchev–Trinajstić information content (AvgIpc) is 2.70. The van der Waals surface area contributed by atoms with E-state index in [1.807, 2.05) is 12.1 Å². The van der Waals surface area contributed by atoms with Gasteiger partial charge in [-0.25, -0.2) is 0 Å². The normalized spacial score (nSPS) is 16.3. The Balaban J connectivity index is 0.00000300. The Morgan fingerprint density at radius 3 is 2.62 bits per heavy atom. The Labute approximate surface area is 177 Å². The van der Waals surface area contributed by atoms with Crippen LogP contribution in [0.1, 0.15) is 29.2 Å². The van der Waals surface area contributed by atoms with Crippen LogP contribution in [0.5, 0.6) is 11.5 Å². The molecule has 0 saturated carbocycles. The Kier molecular flexibility index (Phi) is 8.32. The summed E-state index contributed by atoms with van der Waals surface area (Å²) in [7, 11) is 3.42. The highest BCUT2D eigenvalue weighted by Crippen LogP contribution is 2.26. The molecule has 29 heavy (non-hydrogen) atoms. The fourth-order valence-corrected chi connectivity index (χ4v) is 3.36. The lowest BCUT2D eigenvalue weighted by Crippen LogP contribution is -2.37. The van der Waals surface area contributed by atoms with E-state index >= 15 is 0 Å². The number of aliphatic hydroxyl groups is 1. The summed E-state index contributed by atoms with van der Waals surface area (Å²) in [4.78, 5) is 13.2. The first-order chi connectivity index (χ1) is 13.4. The quantitative estimate of drug-likeness (QED) is 0.641. The van der Waals surface area contributed by atoms with Gasteiger partial charge in [-0.3, -0.25) is 4.79 Å². The van der Waals surface area contributed by atoms with Crippen LogP contribution in [0.2, 0.25) is 0 Å². The van der Waals surface area contributed by atoms with E-state index in [0.29, 0.717) is 12.3 Å². The number of hydrogen-bond acceptors (Lipinski definition) is 5. The Bertz CT molecular complexity index is 811. The molecule has 1 aliphatic carbocycles. The van der Waals surface area contributed by atoms with Crippen LogP contribution < -0.4 is 10.1 Å². The van der Waals surface area contributed by atoms with Crippen LogP contribution in [-0.4, -0.2) is 54.3 Å². The second-order valence-electron chi connectivity index (χ2n) is 7.46. The number of ether oxygens (including phenoxy) is 1. The van der Waals surface area contributed by atoms with Gasteiger partial charge in [0.2, 0.25) is 0 Å². The number of phenols is 1. The molecule has 0 unspecified atom stereocenters. The summed E-state index contributed by atoms with van der Waals surface area (Å²) < 4.78 is 5.62. The minimum absolute atomic E-state index is 0. The standard InChI is InChI=1S/C22H28N2O4.ClH/c1-24(2)22(27)14-28-20-10-6-15-3-7-18(11-17(15)12-20)23-13-21(26)16-4-8-19(25)9-5-16;/h4-6,8-10,12,18,21,23,25-26H,3,7,11,13-14H2,1-2H3;1H/t18-,21-;/m0./s1. The molecule has 0 aromatic heterocycles. The zero-order valence-electron chi connectivity index (χ0n) is 16.8. The number of nitrogens with zero attached hydrogens (tertiary/aromatic N) is 1. The molecule has 0 spiro atoms. The number of hydrogen-bond donors (Lipinski definition) is 3. The topological polar surface area (TPSA) is 82.0 Å². The largest absolute Gasteiger partial charge is 0.508 e. The second kappa shape index (κ2) is 10.5. The van der Waals surface area contributed by atoms with E-state index in [2.05, 4.69) is 11.4 Å². The predicted molar refractivity (Wildman–Crippen MR) is 115 cm³/mol. The van der Waals surface area contributed by atoms with Crippen LogP contribution in [0.25, 0.3) is 0 Å². The third kappa shape index (κ3) is 6.35. The molecular weight excluding hydrogens is 392 g/mol. The van der Waals surface area contributed by atoms with Crippen molar-refractivity contribution < 1.29 is 19.7 Å². The summed E-state index contributed by atoms with van der Waals surface area (Å²) in [6.45, 7) is 0.491. The van der Waals surface area contributed by atoms with Gasteiger partial charge in [0.15, 0.2) is 6.61 Å². The molecule has 0 heterocycles. The van der Waals surface area contributed by atoms with Gasteiger partial charge in [-0.15, -0.1) is 12.4 Å². The number of fused-ring (bicyclic) bond motifs is 1. The van der Waals surface area contributed by atoms with E-state index in [-0.39, 0.29) is 36.7 Å². The molecule has 1 aliphatic rings. The monoisotopic (exact) mass is 420 g/mol. The molecule has 0 aliphatic heterocycles. The summed E-state index contributed by atoms with van der Waals surface area (Å²) in [5.41, 5.74) is 3.31. The van der Waals surface area contributed by atoms with Crippen molar-refractivity contribution >= 4 is 18.3 Å². The van der Waals surface area contributed by atoms with Gasteiger partial charge in [0.25, 0.3) is 5.91 Å². The molecule has 2 aromatic rings. The molecule has 0 saturated heterocycles. The van der Waals surface area contributed by atoms with Crippen molar-refractivity contribution in [3.8, 4) is 11.5 Å². The SMILES string of the molecule is CN(C)C(=O)COc1ccc2c(c1)C[C@@H](NC[C@H](O)c1ccc(O)cc1)CC2.Cl. The number of rotatable bonds is 7. The Hall–Kier alpha value is -2.28. The van der Waals surface area contributed by atoms with Gasteiger partial charge in [0, 0.05) is 26.7 Å². The van der Waals surface area contributed by atoms with E-state index in [1.54, 1.807) is 38.4 Å². The number of aromatic hydroxyl groups is 1. The third-order valence-electron chi connectivity index (χ3n) is 5.15. The van der Waals surface area contributed by atoms with Crippen molar-refractivity contribution in [2.24, 2.45) is 0 Å². The predicted octanol–water partition coefficient (Wildman–Crippen LogP) is 2.46. The van der Waals surface area contributed by atoms with Crippen LogP contribution in [0, 0.1) is 0 Å². The molecule has 7 heteroatoms. The van der Waals surface area contributed by atoms with Crippen molar-refractivity contribution in [3.05, 3.63) is 59.2 Å². The lowest BCUT2D eigenvalue weighted by atomic mass is 9.88. The van der Waals surface area contributed by atoms with Gasteiger partial charge in [-0.05, 0) is 60.2 Å². The fraction of sp³-hybridized carbons (Fsp3) is 0.409. The molecule has 1 amide bonds. The highest BCUT2D eigenvalue weighted by Gasteiger charge is 2.20. The third-order valence-corrected chi connectivity index (χ3v) is 5.15. The molecule has 158 valence electrons. The van der Waals surface area contributed by atoms with Crippen LogP contribution in [0.4, 0.5) is 0 Å². The first kappa shape index (κ1) is 23.0. The summed E-state index contributed by atoms with van der Waals surface area (Å²) >= 11 is 0. The van der Waals surface area contributed by atoms with Gasteiger partial charge < -0.3 is 25.2 Å². The maximum Gasteiger partial charge on any atom is 0.259 e. The molecule has 0 fully saturated rings. The highest BCUT2D eigenvalue weighted by atomic mass is 35.5. The first-order valence-corrected chi connectivity index (χ1v) is 9.57. The first-order valence-electron chi connectivity index (χ1n) is 9.57. The molecule has 6 nitrogen and oxygen atoms in total. The van der Waals surface area contributed by atoms with Crippen molar-refractivity contribution in [1.82, 2.24) is 10.2 Å². The number of amides is 1. The summed E-state index contributed by atoms with van der Waals surface area (Å²) in [5.74, 6) is 0.831. The fourth-order valence-electron chi connectivity index (χ4n) is 3.36. The van der Waals surface area contributed by atoms with Gasteiger partial charge >= 0.3 is 0 Å². The Morgan fingerprint density at radius 1 is 1.21 bits per heavy atom. The highest BCUT2D eigenvalue weighted by molar-refractivity contribution is 5.85. The van der Waals surface area contributed by atoms with Crippen molar-refractivity contribution in [2.75, 3.05) is 27.2 Å². The molecule has 3 N–H and O–H groups in total. The molecular formula is C22H29ClN2O4. The Morgan fingerprint density at radius 2 is 1.93 bits per heavy atom. The number of carbonyl (C=O) groups excluding carboxylic acids is 1. The molecule has 2 aromatic carbocycles. The van der Waals surface area contributed by atoms with E-state index < -0.39 is 6.10 Å². The number of carbonyl (C=O) groups is 1. The van der Waals surface area contributed by atoms with E-state index in [1.165, 1.54) is 16.0 Å². The summed E-state index contributed by atoms with van der Waals surface area (Å²) in [5, 5.41) is 23.1. The minimum atomic E-state index is -0.617. The van der Waals surface area contributed by atoms with Crippen LogP contribution in [0.15, 0.2) is 42.5 Å². The maximum atomic E-state index is 11.7. The van der Waals surface area contributed by atoms with Crippen molar-refractivity contribution in [2.45, 2.75) is 31.4 Å². The summed E-state index contributed by atoms with van der Waals surface area (Å²) in [6.07, 6.45) is 2.22. The maximum absolute atomic E-state index is 11.7. The molecule has 3 rings (SSSR count). The number of aryl methyl sites for hydroxylation is 1. The average molecular weight is 421 g/mol. The number of benzene rings is 2. The number of likely N-dealkylation sites (N-methyl/N-ethyl adjacent to an activating group) is 1. The van der Waals surface area contributed by atoms with Gasteiger partial charge in [-0.2, -0.15) is 0 Å². The summed E-state index contributed by atoms with van der Waals surface area (Å²) in [6, 6.07) is 12.9. The second-order valence-corrected chi connectivity index (χ2v) is 7.46. The smallest absolute Gasteiger partial charge is 0.259 e. The zero-order valence-corrected chi connectivity index (χ0v) is 17.6. The molecule has 0 radical (unpaired) electrons. The van der Waals surface area contributed by atoms with Gasteiger partial charge in [-0.1, -0.05) is 18.2 Å². The van der Waals surface area contributed by atoms with Crippen LogP contribution in [0.3, 0.4) is 0 Å². The van der Waals surface area contributed by atoms with Crippen molar-refractivity contribution in [3.63, 3.8) is 0 Å². The minimum Gasteiger partial charge on any atom is -0.508 e. The van der Waals surface area contributed by atoms with Gasteiger partial charge in [0.05, 0.1) is 6.10 Å². The van der Waals surface area contributed by atoms with E-state index in [9.17, 15) is 15.0 Å². The number of phenolic OH excluding ortho intramolecular Hbond substituents is 1. The molecule has 2 atom stereocenters. The number of aliphatic hydroxyl groups excluding tert-OH is 1. The molecule has 0 bridgehead atoms. The zero-order chi connectivity index (χ0) is 20.1. The van der Waals surface area contributed by atoms with Crippen molar-refractivity contribution in [1.29, 1.82) is 0 Å². The number of halogens is 1. The van der Waals surface area contributed by atoms with E-state index in [4.69, 9.17) is 4.74 Å².